The molecule has 0 aromatic heterocycles. The topological polar surface area (TPSA) is 67.4 Å². The van der Waals surface area contributed by atoms with E-state index in [0.717, 1.165) is 15.8 Å². The Balaban J connectivity index is 1.97. The second-order valence-corrected chi connectivity index (χ2v) is 6.02. The number of hydrogen-bond acceptors (Lipinski definition) is 3. The van der Waals surface area contributed by atoms with E-state index in [1.807, 2.05) is 25.1 Å². The van der Waals surface area contributed by atoms with E-state index in [4.69, 9.17) is 4.74 Å². The summed E-state index contributed by atoms with van der Waals surface area (Å²) >= 11 is 3.44. The fraction of sp³-hybridized carbons (Fsp3) is 0.467. The van der Waals surface area contributed by atoms with Crippen LogP contribution in [0.15, 0.2) is 22.7 Å². The van der Waals surface area contributed by atoms with Gasteiger partial charge in [0.25, 0.3) is 0 Å². The van der Waals surface area contributed by atoms with Crippen molar-refractivity contribution in [3.8, 4) is 5.75 Å². The van der Waals surface area contributed by atoms with Crippen molar-refractivity contribution in [3.05, 3.63) is 28.2 Å². The predicted molar refractivity (Wildman–Crippen MR) is 83.0 cm³/mol. The third-order valence-corrected chi connectivity index (χ3v) is 4.29. The average molecular weight is 355 g/mol. The van der Waals surface area contributed by atoms with E-state index in [1.165, 1.54) is 0 Å². The summed E-state index contributed by atoms with van der Waals surface area (Å²) in [6.07, 6.45) is 1.03. The van der Waals surface area contributed by atoms with Gasteiger partial charge >= 0.3 is 0 Å². The van der Waals surface area contributed by atoms with E-state index >= 15 is 0 Å². The summed E-state index contributed by atoms with van der Waals surface area (Å²) in [5.74, 6) is 0.611. The number of piperidine rings is 1. The number of ether oxygens (including phenoxy) is 1. The molecule has 1 aromatic carbocycles. The molecule has 0 saturated carbocycles. The Morgan fingerprint density at radius 2 is 2.29 bits per heavy atom. The fourth-order valence-electron chi connectivity index (χ4n) is 2.32. The number of benzene rings is 1. The Labute approximate surface area is 132 Å². The average Bonchev–Trinajstić information content (AvgIpc) is 2.47. The molecule has 5 nitrogen and oxygen atoms in total. The number of amides is 2. The highest BCUT2D eigenvalue weighted by atomic mass is 79.9. The zero-order chi connectivity index (χ0) is 15.4. The summed E-state index contributed by atoms with van der Waals surface area (Å²) < 4.78 is 6.05. The molecule has 1 heterocycles. The van der Waals surface area contributed by atoms with Crippen LogP contribution in [0.4, 0.5) is 0 Å². The van der Waals surface area contributed by atoms with Crippen LogP contribution in [0.1, 0.15) is 31.4 Å². The molecule has 0 aliphatic carbocycles. The molecular weight excluding hydrogens is 336 g/mol. The number of halogens is 1. The Bertz CT molecular complexity index is 538. The standard InChI is InChI=1S/C15H19BrN2O3/c1-9(10-3-5-13(21-2)12(16)7-10)18-15(20)11-4-6-14(19)17-8-11/h3,5,7,9,11H,4,6,8H2,1-2H3,(H,17,19)(H,18,20). The van der Waals surface area contributed by atoms with Gasteiger partial charge in [0.1, 0.15) is 5.75 Å². The summed E-state index contributed by atoms with van der Waals surface area (Å²) in [6, 6.07) is 5.63. The first-order valence-electron chi connectivity index (χ1n) is 6.91. The van der Waals surface area contributed by atoms with Crippen LogP contribution in [0.3, 0.4) is 0 Å². The van der Waals surface area contributed by atoms with E-state index in [1.54, 1.807) is 7.11 Å². The molecule has 1 aromatic rings. The molecule has 0 spiro atoms. The molecule has 114 valence electrons. The lowest BCUT2D eigenvalue weighted by Crippen LogP contribution is -2.43. The van der Waals surface area contributed by atoms with Crippen molar-refractivity contribution in [2.45, 2.75) is 25.8 Å². The van der Waals surface area contributed by atoms with E-state index in [-0.39, 0.29) is 23.8 Å². The molecule has 1 aliphatic heterocycles. The number of hydrogen-bond donors (Lipinski definition) is 2. The SMILES string of the molecule is COc1ccc(C(C)NC(=O)C2CCC(=O)NC2)cc1Br. The quantitative estimate of drug-likeness (QED) is 0.870. The summed E-state index contributed by atoms with van der Waals surface area (Å²) in [5, 5.41) is 5.72. The predicted octanol–water partition coefficient (Wildman–Crippen LogP) is 2.16. The number of carbonyl (C=O) groups excluding carboxylic acids is 2. The van der Waals surface area contributed by atoms with Crippen LogP contribution >= 0.6 is 15.9 Å². The molecule has 6 heteroatoms. The van der Waals surface area contributed by atoms with Gasteiger partial charge in [-0.05, 0) is 47.0 Å². The van der Waals surface area contributed by atoms with Crippen molar-refractivity contribution in [3.63, 3.8) is 0 Å². The second-order valence-electron chi connectivity index (χ2n) is 5.16. The monoisotopic (exact) mass is 354 g/mol. The first-order valence-corrected chi connectivity index (χ1v) is 7.71. The molecule has 0 radical (unpaired) electrons. The van der Waals surface area contributed by atoms with Crippen molar-refractivity contribution in [2.75, 3.05) is 13.7 Å². The Morgan fingerprint density at radius 1 is 1.52 bits per heavy atom. The Morgan fingerprint density at radius 3 is 2.86 bits per heavy atom. The third kappa shape index (κ3) is 3.97. The molecule has 0 bridgehead atoms. The van der Waals surface area contributed by atoms with Crippen LogP contribution in [0.2, 0.25) is 0 Å². The van der Waals surface area contributed by atoms with Crippen molar-refractivity contribution in [1.82, 2.24) is 10.6 Å². The van der Waals surface area contributed by atoms with Crippen LogP contribution in [0.25, 0.3) is 0 Å². The molecule has 2 atom stereocenters. The van der Waals surface area contributed by atoms with E-state index in [2.05, 4.69) is 26.6 Å². The highest BCUT2D eigenvalue weighted by molar-refractivity contribution is 9.10. The maximum absolute atomic E-state index is 12.2. The number of carbonyl (C=O) groups is 2. The third-order valence-electron chi connectivity index (χ3n) is 3.67. The summed E-state index contributed by atoms with van der Waals surface area (Å²) in [5.41, 5.74) is 0.996. The van der Waals surface area contributed by atoms with Gasteiger partial charge in [-0.1, -0.05) is 6.07 Å². The number of rotatable bonds is 4. The number of methoxy groups -OCH3 is 1. The Hall–Kier alpha value is -1.56. The largest absolute Gasteiger partial charge is 0.496 e. The van der Waals surface area contributed by atoms with Gasteiger partial charge in [-0.15, -0.1) is 0 Å². The van der Waals surface area contributed by atoms with Crippen LogP contribution in [0.5, 0.6) is 5.75 Å². The molecule has 21 heavy (non-hydrogen) atoms. The van der Waals surface area contributed by atoms with Gasteiger partial charge in [-0.3, -0.25) is 9.59 Å². The summed E-state index contributed by atoms with van der Waals surface area (Å²) in [6.45, 7) is 2.36. The van der Waals surface area contributed by atoms with Crippen LogP contribution in [-0.2, 0) is 9.59 Å². The molecule has 1 saturated heterocycles. The van der Waals surface area contributed by atoms with Gasteiger partial charge in [0, 0.05) is 13.0 Å². The normalized spacial score (nSPS) is 19.6. The molecule has 2 rings (SSSR count). The van der Waals surface area contributed by atoms with Gasteiger partial charge in [0.05, 0.1) is 23.5 Å². The molecule has 2 N–H and O–H groups in total. The highest BCUT2D eigenvalue weighted by Gasteiger charge is 2.25. The maximum atomic E-state index is 12.2. The van der Waals surface area contributed by atoms with Crippen molar-refractivity contribution < 1.29 is 14.3 Å². The molecule has 2 amide bonds. The van der Waals surface area contributed by atoms with Gasteiger partial charge in [-0.2, -0.15) is 0 Å². The fourth-order valence-corrected chi connectivity index (χ4v) is 2.88. The first-order chi connectivity index (χ1) is 10.0. The zero-order valence-corrected chi connectivity index (χ0v) is 13.7. The Kier molecular flexibility index (Phi) is 5.22. The van der Waals surface area contributed by atoms with Crippen molar-refractivity contribution in [2.24, 2.45) is 5.92 Å². The lowest BCUT2D eigenvalue weighted by molar-refractivity contribution is -0.129. The minimum Gasteiger partial charge on any atom is -0.496 e. The van der Waals surface area contributed by atoms with E-state index in [9.17, 15) is 9.59 Å². The summed E-state index contributed by atoms with van der Waals surface area (Å²) in [7, 11) is 1.61. The molecule has 2 unspecified atom stereocenters. The second kappa shape index (κ2) is 6.93. The van der Waals surface area contributed by atoms with Gasteiger partial charge in [0.15, 0.2) is 0 Å². The van der Waals surface area contributed by atoms with Crippen molar-refractivity contribution >= 4 is 27.7 Å². The lowest BCUT2D eigenvalue weighted by atomic mass is 9.97. The van der Waals surface area contributed by atoms with E-state index in [0.29, 0.717) is 19.4 Å². The van der Waals surface area contributed by atoms with E-state index < -0.39 is 0 Å². The molecule has 1 fully saturated rings. The maximum Gasteiger partial charge on any atom is 0.225 e. The lowest BCUT2D eigenvalue weighted by Gasteiger charge is -2.24. The summed E-state index contributed by atoms with van der Waals surface area (Å²) in [4.78, 5) is 23.3. The van der Waals surface area contributed by atoms with Gasteiger partial charge in [0.2, 0.25) is 11.8 Å². The molecular formula is C15H19BrN2O3. The van der Waals surface area contributed by atoms with Crippen LogP contribution in [-0.4, -0.2) is 25.5 Å². The highest BCUT2D eigenvalue weighted by Crippen LogP contribution is 2.28. The zero-order valence-electron chi connectivity index (χ0n) is 12.1. The van der Waals surface area contributed by atoms with Gasteiger partial charge < -0.3 is 15.4 Å². The van der Waals surface area contributed by atoms with Crippen LogP contribution < -0.4 is 15.4 Å². The molecule has 1 aliphatic rings. The minimum absolute atomic E-state index is 0.0190. The smallest absolute Gasteiger partial charge is 0.225 e. The minimum atomic E-state index is -0.146. The number of nitrogens with one attached hydrogen (secondary N) is 2. The van der Waals surface area contributed by atoms with Crippen molar-refractivity contribution in [1.29, 1.82) is 0 Å². The first kappa shape index (κ1) is 15.8. The van der Waals surface area contributed by atoms with Crippen LogP contribution in [0, 0.1) is 5.92 Å². The van der Waals surface area contributed by atoms with Gasteiger partial charge in [-0.25, -0.2) is 0 Å².